The van der Waals surface area contributed by atoms with Crippen molar-refractivity contribution >= 4 is 0 Å². The standard InChI is InChI=1S/C40H36/c1-2-8-26-14-30-18-34-22-38-24-36-20-32-16-28-10-4-6-12-40(28)39-11-5-3-9-27(39)15-31(32)19-35(36)23-37(38)21-33(34)17-29(30)13-25(26)7-1/h1-12H,13-24H2. The van der Waals surface area contributed by atoms with Gasteiger partial charge in [0.1, 0.15) is 0 Å². The van der Waals surface area contributed by atoms with Gasteiger partial charge >= 0.3 is 0 Å². The first-order chi connectivity index (χ1) is 19.7. The Bertz CT molecular complexity index is 1650. The number of fused-ring (bicyclic) bond motifs is 4. The molecule has 0 saturated carbocycles. The summed E-state index contributed by atoms with van der Waals surface area (Å²) in [5.74, 6) is 0. The Kier molecular flexibility index (Phi) is 5.16. The Morgan fingerprint density at radius 3 is 0.775 bits per heavy atom. The molecule has 3 aromatic rings. The van der Waals surface area contributed by atoms with Crippen molar-refractivity contribution in [3.05, 3.63) is 151 Å². The molecule has 0 atom stereocenters. The molecule has 196 valence electrons. The monoisotopic (exact) mass is 516 g/mol. The molecule has 0 fully saturated rings. The SMILES string of the molecule is c1ccc2c(c1)CC1=C(CC3=C(CC4=C(C3)CC3=C(C4)CC4=C(C3)Cc3ccccc3-c3ccccc3C4)C1)C2. The van der Waals surface area contributed by atoms with Gasteiger partial charge in [-0.25, -0.2) is 0 Å². The van der Waals surface area contributed by atoms with Gasteiger partial charge in [-0.05, 0) is 110 Å². The number of allylic oxidation sites excluding steroid dienone is 10. The van der Waals surface area contributed by atoms with E-state index in [1.807, 2.05) is 0 Å². The van der Waals surface area contributed by atoms with Gasteiger partial charge in [0.15, 0.2) is 0 Å². The second kappa shape index (κ2) is 8.93. The van der Waals surface area contributed by atoms with Gasteiger partial charge in [0.2, 0.25) is 0 Å². The van der Waals surface area contributed by atoms with Crippen LogP contribution in [0.2, 0.25) is 0 Å². The van der Waals surface area contributed by atoms with Crippen LogP contribution in [0, 0.1) is 0 Å². The summed E-state index contributed by atoms with van der Waals surface area (Å²) in [6, 6.07) is 27.5. The number of rotatable bonds is 0. The van der Waals surface area contributed by atoms with Crippen LogP contribution < -0.4 is 0 Å². The van der Waals surface area contributed by atoms with E-state index in [0.717, 1.165) is 12.8 Å². The largest absolute Gasteiger partial charge is 0.0622 e. The molecule has 9 rings (SSSR count). The number of hydrogen-bond acceptors (Lipinski definition) is 0. The molecular weight excluding hydrogens is 480 g/mol. The van der Waals surface area contributed by atoms with Crippen LogP contribution in [0.25, 0.3) is 11.1 Å². The number of benzene rings is 3. The summed E-state index contributed by atoms with van der Waals surface area (Å²) in [6.07, 6.45) is 14.5. The zero-order valence-corrected chi connectivity index (χ0v) is 23.4. The van der Waals surface area contributed by atoms with Gasteiger partial charge in [-0.15, -0.1) is 0 Å². The maximum absolute atomic E-state index is 2.37. The van der Waals surface area contributed by atoms with Crippen LogP contribution in [0.3, 0.4) is 0 Å². The molecule has 0 aromatic heterocycles. The van der Waals surface area contributed by atoms with Gasteiger partial charge in [-0.2, -0.15) is 0 Å². The average molecular weight is 517 g/mol. The van der Waals surface area contributed by atoms with Gasteiger partial charge in [0, 0.05) is 0 Å². The predicted molar refractivity (Wildman–Crippen MR) is 165 cm³/mol. The van der Waals surface area contributed by atoms with E-state index in [1.165, 1.54) is 86.5 Å². The molecule has 0 heterocycles. The van der Waals surface area contributed by atoms with Crippen molar-refractivity contribution < 1.29 is 0 Å². The average Bonchev–Trinajstić information content (AvgIpc) is 2.97. The zero-order chi connectivity index (χ0) is 26.2. The van der Waals surface area contributed by atoms with Crippen LogP contribution in [0.15, 0.2) is 129 Å². The van der Waals surface area contributed by atoms with E-state index in [-0.39, 0.29) is 0 Å². The quantitative estimate of drug-likeness (QED) is 0.261. The topological polar surface area (TPSA) is 0 Å². The van der Waals surface area contributed by atoms with Crippen LogP contribution >= 0.6 is 0 Å². The third-order valence-corrected chi connectivity index (χ3v) is 11.0. The molecular formula is C40H36. The Hall–Kier alpha value is -3.64. The van der Waals surface area contributed by atoms with Crippen molar-refractivity contribution in [3.8, 4) is 11.1 Å². The fourth-order valence-corrected chi connectivity index (χ4v) is 8.88. The van der Waals surface area contributed by atoms with Gasteiger partial charge in [0.25, 0.3) is 0 Å². The van der Waals surface area contributed by atoms with Gasteiger partial charge in [-0.3, -0.25) is 0 Å². The van der Waals surface area contributed by atoms with Crippen molar-refractivity contribution in [1.29, 1.82) is 0 Å². The lowest BCUT2D eigenvalue weighted by Gasteiger charge is -2.38. The molecule has 40 heavy (non-hydrogen) atoms. The molecule has 3 aromatic carbocycles. The van der Waals surface area contributed by atoms with Crippen molar-refractivity contribution in [2.45, 2.75) is 77.0 Å². The summed E-state index contributed by atoms with van der Waals surface area (Å²) in [4.78, 5) is 0. The first-order valence-corrected chi connectivity index (χ1v) is 15.5. The molecule has 0 spiro atoms. The summed E-state index contributed by atoms with van der Waals surface area (Å²) in [5.41, 5.74) is 26.7. The van der Waals surface area contributed by atoms with E-state index in [0.29, 0.717) is 0 Å². The maximum Gasteiger partial charge on any atom is -0.00548 e. The Balaban J connectivity index is 0.971. The van der Waals surface area contributed by atoms with Crippen LogP contribution in [-0.2, 0) is 25.7 Å². The van der Waals surface area contributed by atoms with Crippen molar-refractivity contribution in [3.63, 3.8) is 0 Å². The van der Waals surface area contributed by atoms with Gasteiger partial charge in [0.05, 0.1) is 0 Å². The lowest BCUT2D eigenvalue weighted by molar-refractivity contribution is 0.696. The third-order valence-electron chi connectivity index (χ3n) is 11.0. The third kappa shape index (κ3) is 3.72. The van der Waals surface area contributed by atoms with Crippen molar-refractivity contribution in [2.75, 3.05) is 0 Å². The minimum atomic E-state index is 1.12. The molecule has 0 bridgehead atoms. The highest BCUT2D eigenvalue weighted by Gasteiger charge is 2.33. The summed E-state index contributed by atoms with van der Waals surface area (Å²) >= 11 is 0. The minimum Gasteiger partial charge on any atom is -0.0622 e. The highest BCUT2D eigenvalue weighted by molar-refractivity contribution is 5.73. The second-order valence-electron chi connectivity index (χ2n) is 13.2. The first-order valence-electron chi connectivity index (χ1n) is 15.5. The van der Waals surface area contributed by atoms with E-state index < -0.39 is 0 Å². The molecule has 0 saturated heterocycles. The van der Waals surface area contributed by atoms with Crippen LogP contribution in [0.5, 0.6) is 0 Å². The molecule has 0 unspecified atom stereocenters. The smallest absolute Gasteiger partial charge is 0.00548 e. The van der Waals surface area contributed by atoms with E-state index in [2.05, 4.69) is 72.8 Å². The molecule has 0 nitrogen and oxygen atoms in total. The van der Waals surface area contributed by atoms with Crippen LogP contribution in [0.4, 0.5) is 0 Å². The molecule has 0 N–H and O–H groups in total. The van der Waals surface area contributed by atoms with Crippen LogP contribution in [-0.4, -0.2) is 0 Å². The van der Waals surface area contributed by atoms with Gasteiger partial charge < -0.3 is 0 Å². The summed E-state index contributed by atoms with van der Waals surface area (Å²) in [5, 5.41) is 0. The highest BCUT2D eigenvalue weighted by atomic mass is 14.4. The number of hydrogen-bond donors (Lipinski definition) is 0. The zero-order valence-electron chi connectivity index (χ0n) is 23.4. The summed E-state index contributed by atoms with van der Waals surface area (Å²) in [6.45, 7) is 0. The first kappa shape index (κ1) is 23.1. The summed E-state index contributed by atoms with van der Waals surface area (Å²) in [7, 11) is 0. The van der Waals surface area contributed by atoms with E-state index in [9.17, 15) is 0 Å². The Morgan fingerprint density at radius 2 is 0.450 bits per heavy atom. The van der Waals surface area contributed by atoms with E-state index in [1.54, 1.807) is 66.9 Å². The van der Waals surface area contributed by atoms with Crippen molar-refractivity contribution in [1.82, 2.24) is 0 Å². The molecule has 6 aliphatic rings. The predicted octanol–water partition coefficient (Wildman–Crippen LogP) is 9.91. The fourth-order valence-electron chi connectivity index (χ4n) is 8.88. The van der Waals surface area contributed by atoms with Crippen LogP contribution in [0.1, 0.15) is 73.6 Å². The second-order valence-corrected chi connectivity index (χ2v) is 13.2. The van der Waals surface area contributed by atoms with E-state index >= 15 is 0 Å². The lowest BCUT2D eigenvalue weighted by Crippen LogP contribution is -2.21. The van der Waals surface area contributed by atoms with Crippen molar-refractivity contribution in [2.24, 2.45) is 0 Å². The molecule has 0 heteroatoms. The Morgan fingerprint density at radius 1 is 0.225 bits per heavy atom. The Labute approximate surface area is 238 Å². The summed E-state index contributed by atoms with van der Waals surface area (Å²) < 4.78 is 0. The minimum absolute atomic E-state index is 1.12. The highest BCUT2D eigenvalue weighted by Crippen LogP contribution is 2.51. The fraction of sp³-hybridized carbons (Fsp3) is 0.300. The molecule has 6 aliphatic carbocycles. The van der Waals surface area contributed by atoms with E-state index in [4.69, 9.17) is 0 Å². The maximum atomic E-state index is 2.37. The normalized spacial score (nSPS) is 21.3. The lowest BCUT2D eigenvalue weighted by atomic mass is 9.67. The molecule has 0 amide bonds. The molecule has 0 aliphatic heterocycles. The molecule has 0 radical (unpaired) electrons. The van der Waals surface area contributed by atoms with Gasteiger partial charge in [-0.1, -0.05) is 129 Å².